The number of H-pyrrole nitrogens is 1. The highest BCUT2D eigenvalue weighted by molar-refractivity contribution is 7.14. The van der Waals surface area contributed by atoms with Crippen molar-refractivity contribution in [1.29, 1.82) is 0 Å². The number of methoxy groups -OCH3 is 1. The zero-order valence-electron chi connectivity index (χ0n) is 15.1. The first-order chi connectivity index (χ1) is 13.1. The standard InChI is InChI=1S/C21H19N3O2S/c1-13-20(16-5-3-4-6-17(16)22-13)18-12-27-21(23-18)24-19(25)11-14-7-9-15(26-2)10-8-14/h3-10,12,22H,11H2,1-2H3,(H,23,24,25). The Balaban J connectivity index is 1.50. The molecule has 0 atom stereocenters. The summed E-state index contributed by atoms with van der Waals surface area (Å²) in [6.45, 7) is 2.04. The summed E-state index contributed by atoms with van der Waals surface area (Å²) in [6.07, 6.45) is 0.297. The van der Waals surface area contributed by atoms with Crippen LogP contribution in [0.15, 0.2) is 53.9 Å². The van der Waals surface area contributed by atoms with E-state index in [0.717, 1.165) is 39.2 Å². The molecule has 27 heavy (non-hydrogen) atoms. The van der Waals surface area contributed by atoms with Gasteiger partial charge in [-0.2, -0.15) is 0 Å². The number of rotatable bonds is 5. The number of para-hydroxylation sites is 1. The number of nitrogens with zero attached hydrogens (tertiary/aromatic N) is 1. The van der Waals surface area contributed by atoms with Gasteiger partial charge in [0.25, 0.3) is 0 Å². The smallest absolute Gasteiger partial charge is 0.230 e. The van der Waals surface area contributed by atoms with Gasteiger partial charge in [-0.1, -0.05) is 30.3 Å². The van der Waals surface area contributed by atoms with E-state index in [4.69, 9.17) is 4.74 Å². The normalized spacial score (nSPS) is 10.9. The quantitative estimate of drug-likeness (QED) is 0.525. The summed E-state index contributed by atoms with van der Waals surface area (Å²) in [7, 11) is 1.62. The molecule has 2 aromatic carbocycles. The fourth-order valence-electron chi connectivity index (χ4n) is 3.14. The maximum atomic E-state index is 12.3. The van der Waals surface area contributed by atoms with Crippen molar-refractivity contribution in [3.8, 4) is 17.0 Å². The number of ether oxygens (including phenoxy) is 1. The number of aryl methyl sites for hydroxylation is 1. The van der Waals surface area contributed by atoms with Gasteiger partial charge in [0.1, 0.15) is 5.75 Å². The monoisotopic (exact) mass is 377 g/mol. The number of aromatic amines is 1. The van der Waals surface area contributed by atoms with Crippen LogP contribution in [-0.2, 0) is 11.2 Å². The van der Waals surface area contributed by atoms with E-state index < -0.39 is 0 Å². The van der Waals surface area contributed by atoms with E-state index in [0.29, 0.717) is 11.6 Å². The molecule has 5 nitrogen and oxygen atoms in total. The first-order valence-corrected chi connectivity index (χ1v) is 9.48. The van der Waals surface area contributed by atoms with Gasteiger partial charge in [0, 0.05) is 27.5 Å². The van der Waals surface area contributed by atoms with Crippen LogP contribution in [0.1, 0.15) is 11.3 Å². The predicted octanol–water partition coefficient (Wildman–Crippen LogP) is 4.79. The van der Waals surface area contributed by atoms with Crippen molar-refractivity contribution in [2.24, 2.45) is 0 Å². The first-order valence-electron chi connectivity index (χ1n) is 8.60. The molecule has 2 N–H and O–H groups in total. The Morgan fingerprint density at radius 2 is 1.96 bits per heavy atom. The number of aromatic nitrogens is 2. The molecule has 2 aromatic heterocycles. The molecule has 6 heteroatoms. The highest BCUT2D eigenvalue weighted by Gasteiger charge is 2.14. The lowest BCUT2D eigenvalue weighted by Gasteiger charge is -2.04. The molecule has 4 rings (SSSR count). The number of hydrogen-bond acceptors (Lipinski definition) is 4. The average molecular weight is 377 g/mol. The highest BCUT2D eigenvalue weighted by atomic mass is 32.1. The van der Waals surface area contributed by atoms with Crippen LogP contribution in [0, 0.1) is 6.92 Å². The largest absolute Gasteiger partial charge is 0.497 e. The lowest BCUT2D eigenvalue weighted by Crippen LogP contribution is -2.14. The Kier molecular flexibility index (Phi) is 4.64. The van der Waals surface area contributed by atoms with Gasteiger partial charge in [-0.15, -0.1) is 11.3 Å². The van der Waals surface area contributed by atoms with E-state index in [1.54, 1.807) is 7.11 Å². The van der Waals surface area contributed by atoms with Crippen LogP contribution in [0.25, 0.3) is 22.2 Å². The van der Waals surface area contributed by atoms with Crippen LogP contribution in [0.5, 0.6) is 5.75 Å². The molecule has 0 aliphatic heterocycles. The van der Waals surface area contributed by atoms with E-state index >= 15 is 0 Å². The summed E-state index contributed by atoms with van der Waals surface area (Å²) < 4.78 is 5.14. The molecular weight excluding hydrogens is 358 g/mol. The van der Waals surface area contributed by atoms with Crippen LogP contribution >= 0.6 is 11.3 Å². The number of anilines is 1. The molecule has 0 radical (unpaired) electrons. The van der Waals surface area contributed by atoms with Crippen LogP contribution in [0.3, 0.4) is 0 Å². The third kappa shape index (κ3) is 3.57. The van der Waals surface area contributed by atoms with Gasteiger partial charge in [0.15, 0.2) is 5.13 Å². The van der Waals surface area contributed by atoms with Gasteiger partial charge in [-0.05, 0) is 30.7 Å². The van der Waals surface area contributed by atoms with E-state index in [9.17, 15) is 4.79 Å². The van der Waals surface area contributed by atoms with Gasteiger partial charge in [-0.3, -0.25) is 4.79 Å². The van der Waals surface area contributed by atoms with Crippen molar-refractivity contribution in [3.63, 3.8) is 0 Å². The van der Waals surface area contributed by atoms with Crippen molar-refractivity contribution in [3.05, 3.63) is 65.2 Å². The van der Waals surface area contributed by atoms with Crippen molar-refractivity contribution in [1.82, 2.24) is 9.97 Å². The van der Waals surface area contributed by atoms with Gasteiger partial charge >= 0.3 is 0 Å². The van der Waals surface area contributed by atoms with E-state index in [-0.39, 0.29) is 5.91 Å². The summed E-state index contributed by atoms with van der Waals surface area (Å²) in [4.78, 5) is 20.3. The zero-order valence-corrected chi connectivity index (χ0v) is 15.9. The molecule has 1 amide bonds. The predicted molar refractivity (Wildman–Crippen MR) is 109 cm³/mol. The van der Waals surface area contributed by atoms with Crippen LogP contribution in [0.2, 0.25) is 0 Å². The molecule has 4 aromatic rings. The van der Waals surface area contributed by atoms with Crippen molar-refractivity contribution < 1.29 is 9.53 Å². The lowest BCUT2D eigenvalue weighted by molar-refractivity contribution is -0.115. The van der Waals surface area contributed by atoms with Gasteiger partial charge in [-0.25, -0.2) is 4.98 Å². The Hall–Kier alpha value is -3.12. The Labute approximate surface area is 161 Å². The second-order valence-corrected chi connectivity index (χ2v) is 7.14. The van der Waals surface area contributed by atoms with E-state index in [1.165, 1.54) is 11.3 Å². The van der Waals surface area contributed by atoms with Crippen molar-refractivity contribution in [2.45, 2.75) is 13.3 Å². The topological polar surface area (TPSA) is 67.0 Å². The third-order valence-electron chi connectivity index (χ3n) is 4.42. The molecule has 0 aliphatic rings. The maximum absolute atomic E-state index is 12.3. The number of carbonyl (C=O) groups excluding carboxylic acids is 1. The molecule has 0 aliphatic carbocycles. The molecule has 0 fully saturated rings. The van der Waals surface area contributed by atoms with Gasteiger partial charge in [0.05, 0.1) is 19.2 Å². The number of nitrogens with one attached hydrogen (secondary N) is 2. The minimum atomic E-state index is -0.0864. The molecule has 0 saturated carbocycles. The maximum Gasteiger partial charge on any atom is 0.230 e. The first kappa shape index (κ1) is 17.3. The highest BCUT2D eigenvalue weighted by Crippen LogP contribution is 2.33. The number of fused-ring (bicyclic) bond motifs is 1. The number of benzene rings is 2. The summed E-state index contributed by atoms with van der Waals surface area (Å²) >= 11 is 1.43. The number of amides is 1. The number of hydrogen-bond donors (Lipinski definition) is 2. The summed E-state index contributed by atoms with van der Waals surface area (Å²) in [5.74, 6) is 0.689. The Morgan fingerprint density at radius 3 is 2.74 bits per heavy atom. The van der Waals surface area contributed by atoms with E-state index in [1.807, 2.05) is 48.7 Å². The second-order valence-electron chi connectivity index (χ2n) is 6.28. The van der Waals surface area contributed by atoms with Gasteiger partial charge in [0.2, 0.25) is 5.91 Å². The van der Waals surface area contributed by atoms with Gasteiger partial charge < -0.3 is 15.0 Å². The minimum Gasteiger partial charge on any atom is -0.497 e. The molecule has 0 bridgehead atoms. The Morgan fingerprint density at radius 1 is 1.19 bits per heavy atom. The molecule has 0 saturated heterocycles. The fourth-order valence-corrected chi connectivity index (χ4v) is 3.86. The molecule has 0 spiro atoms. The van der Waals surface area contributed by atoms with Crippen LogP contribution in [-0.4, -0.2) is 23.0 Å². The SMILES string of the molecule is COc1ccc(CC(=O)Nc2nc(-c3c(C)[nH]c4ccccc34)cs2)cc1. The number of carbonyl (C=O) groups is 1. The third-order valence-corrected chi connectivity index (χ3v) is 5.18. The van der Waals surface area contributed by atoms with Crippen LogP contribution < -0.4 is 10.1 Å². The molecule has 0 unspecified atom stereocenters. The van der Waals surface area contributed by atoms with Crippen molar-refractivity contribution in [2.75, 3.05) is 12.4 Å². The number of thiazole rings is 1. The van der Waals surface area contributed by atoms with Crippen molar-refractivity contribution >= 4 is 33.3 Å². The molecule has 2 heterocycles. The zero-order chi connectivity index (χ0) is 18.8. The fraction of sp³-hybridized carbons (Fsp3) is 0.143. The van der Waals surface area contributed by atoms with E-state index in [2.05, 4.69) is 27.4 Å². The molecule has 136 valence electrons. The molecular formula is C21H19N3O2S. The average Bonchev–Trinajstić information content (AvgIpc) is 3.25. The Bertz CT molecular complexity index is 1100. The minimum absolute atomic E-state index is 0.0864. The summed E-state index contributed by atoms with van der Waals surface area (Å²) in [5, 5.41) is 6.61. The summed E-state index contributed by atoms with van der Waals surface area (Å²) in [5.41, 5.74) is 5.03. The second kappa shape index (κ2) is 7.25. The lowest BCUT2D eigenvalue weighted by atomic mass is 10.1. The summed E-state index contributed by atoms with van der Waals surface area (Å²) in [6, 6.07) is 15.6. The van der Waals surface area contributed by atoms with Crippen LogP contribution in [0.4, 0.5) is 5.13 Å².